The van der Waals surface area contributed by atoms with Gasteiger partial charge in [-0.1, -0.05) is 11.6 Å². The van der Waals surface area contributed by atoms with Gasteiger partial charge in [-0.25, -0.2) is 0 Å². The first-order valence-corrected chi connectivity index (χ1v) is 4.03. The van der Waals surface area contributed by atoms with E-state index in [4.69, 9.17) is 28.9 Å². The van der Waals surface area contributed by atoms with Crippen LogP contribution in [0.3, 0.4) is 0 Å². The zero-order valence-electron chi connectivity index (χ0n) is 6.40. The molecule has 2 N–H and O–H groups in total. The molecule has 0 bridgehead atoms. The molecule has 0 spiro atoms. The van der Waals surface area contributed by atoms with Gasteiger partial charge in [0.15, 0.2) is 0 Å². The van der Waals surface area contributed by atoms with Gasteiger partial charge in [0.2, 0.25) is 0 Å². The predicted molar refractivity (Wildman–Crippen MR) is 50.8 cm³/mol. The maximum atomic E-state index is 10.7. The van der Waals surface area contributed by atoms with Gasteiger partial charge in [-0.3, -0.25) is 4.79 Å². The van der Waals surface area contributed by atoms with Crippen LogP contribution < -0.4 is 5.73 Å². The molecular weight excluding hydrogens is 197 g/mol. The van der Waals surface area contributed by atoms with E-state index in [0.717, 1.165) is 5.56 Å². The fourth-order valence-corrected chi connectivity index (χ4v) is 1.24. The number of halogens is 2. The van der Waals surface area contributed by atoms with E-state index in [1.54, 1.807) is 13.0 Å². The number of benzene rings is 1. The van der Waals surface area contributed by atoms with Gasteiger partial charge >= 0.3 is 0 Å². The van der Waals surface area contributed by atoms with Crippen molar-refractivity contribution in [3.63, 3.8) is 0 Å². The second kappa shape index (κ2) is 3.33. The van der Waals surface area contributed by atoms with E-state index >= 15 is 0 Å². The van der Waals surface area contributed by atoms with Crippen LogP contribution in [0.25, 0.3) is 0 Å². The summed E-state index contributed by atoms with van der Waals surface area (Å²) < 4.78 is 0. The molecule has 0 aliphatic heterocycles. The second-order valence-corrected chi connectivity index (χ2v) is 3.21. The maximum absolute atomic E-state index is 10.7. The lowest BCUT2D eigenvalue weighted by Gasteiger charge is -2.03. The van der Waals surface area contributed by atoms with Gasteiger partial charge in [0, 0.05) is 5.56 Å². The van der Waals surface area contributed by atoms with Gasteiger partial charge in [-0.05, 0) is 36.2 Å². The van der Waals surface area contributed by atoms with Crippen LogP contribution in [-0.2, 0) is 0 Å². The van der Waals surface area contributed by atoms with E-state index in [0.29, 0.717) is 16.3 Å². The van der Waals surface area contributed by atoms with E-state index < -0.39 is 5.24 Å². The Morgan fingerprint density at radius 3 is 2.50 bits per heavy atom. The number of hydrogen-bond donors (Lipinski definition) is 1. The minimum absolute atomic E-state index is 0.360. The number of nitrogen functional groups attached to an aromatic ring is 1. The summed E-state index contributed by atoms with van der Waals surface area (Å²) >= 11 is 11.0. The summed E-state index contributed by atoms with van der Waals surface area (Å²) in [4.78, 5) is 10.7. The van der Waals surface area contributed by atoms with Crippen LogP contribution in [0.5, 0.6) is 0 Å². The first-order chi connectivity index (χ1) is 5.52. The molecule has 0 atom stereocenters. The van der Waals surface area contributed by atoms with Gasteiger partial charge in [0.25, 0.3) is 5.24 Å². The van der Waals surface area contributed by atoms with Crippen molar-refractivity contribution >= 4 is 34.1 Å². The summed E-state index contributed by atoms with van der Waals surface area (Å²) in [6.07, 6.45) is 0. The van der Waals surface area contributed by atoms with Crippen molar-refractivity contribution in [1.82, 2.24) is 0 Å². The molecule has 64 valence electrons. The summed E-state index contributed by atoms with van der Waals surface area (Å²) in [6, 6.07) is 3.07. The fourth-order valence-electron chi connectivity index (χ4n) is 0.869. The highest BCUT2D eigenvalue weighted by molar-refractivity contribution is 6.67. The monoisotopic (exact) mass is 203 g/mol. The lowest BCUT2D eigenvalue weighted by molar-refractivity contribution is 0.108. The molecule has 0 aliphatic rings. The minimum atomic E-state index is -0.528. The molecule has 0 saturated carbocycles. The zero-order chi connectivity index (χ0) is 9.30. The Balaban J connectivity index is 3.31. The van der Waals surface area contributed by atoms with Crippen molar-refractivity contribution in [2.24, 2.45) is 0 Å². The van der Waals surface area contributed by atoms with E-state index in [1.807, 2.05) is 0 Å². The number of aryl methyl sites for hydroxylation is 1. The van der Waals surface area contributed by atoms with Gasteiger partial charge in [0.1, 0.15) is 0 Å². The second-order valence-electron chi connectivity index (χ2n) is 2.46. The normalized spacial score (nSPS) is 9.92. The summed E-state index contributed by atoms with van der Waals surface area (Å²) in [5.41, 5.74) is 7.17. The van der Waals surface area contributed by atoms with Gasteiger partial charge in [0.05, 0.1) is 10.7 Å². The average molecular weight is 204 g/mol. The molecule has 0 radical (unpaired) electrons. The molecule has 0 saturated heterocycles. The molecule has 1 rings (SSSR count). The van der Waals surface area contributed by atoms with Gasteiger partial charge in [-0.15, -0.1) is 0 Å². The molecule has 0 unspecified atom stereocenters. The van der Waals surface area contributed by atoms with E-state index in [-0.39, 0.29) is 0 Å². The predicted octanol–water partition coefficient (Wildman–Crippen LogP) is 2.61. The largest absolute Gasteiger partial charge is 0.397 e. The third kappa shape index (κ3) is 1.71. The molecule has 0 fully saturated rings. The smallest absolute Gasteiger partial charge is 0.252 e. The Morgan fingerprint density at radius 2 is 2.08 bits per heavy atom. The van der Waals surface area contributed by atoms with Crippen LogP contribution in [0.2, 0.25) is 5.02 Å². The molecule has 4 heteroatoms. The first kappa shape index (κ1) is 9.36. The quantitative estimate of drug-likeness (QED) is 0.564. The Kier molecular flexibility index (Phi) is 2.60. The van der Waals surface area contributed by atoms with Crippen LogP contribution in [0.1, 0.15) is 15.9 Å². The summed E-state index contributed by atoms with van der Waals surface area (Å²) in [6.45, 7) is 1.77. The summed E-state index contributed by atoms with van der Waals surface area (Å²) in [7, 11) is 0. The Hall–Kier alpha value is -0.730. The number of carbonyl (C=O) groups excluding carboxylic acids is 1. The van der Waals surface area contributed by atoms with E-state index in [1.165, 1.54) is 6.07 Å². The molecule has 1 aromatic carbocycles. The first-order valence-electron chi connectivity index (χ1n) is 3.28. The average Bonchev–Trinajstić information content (AvgIpc) is 1.99. The number of hydrogen-bond acceptors (Lipinski definition) is 2. The molecule has 0 amide bonds. The Bertz CT molecular complexity index is 313. The third-order valence-electron chi connectivity index (χ3n) is 1.56. The highest BCUT2D eigenvalue weighted by Gasteiger charge is 2.07. The Morgan fingerprint density at radius 1 is 1.50 bits per heavy atom. The van der Waals surface area contributed by atoms with Crippen LogP contribution in [0, 0.1) is 6.92 Å². The third-order valence-corrected chi connectivity index (χ3v) is 2.09. The summed E-state index contributed by atoms with van der Waals surface area (Å²) in [5, 5.41) is -0.168. The molecular formula is C8H7Cl2NO. The topological polar surface area (TPSA) is 43.1 Å². The van der Waals surface area contributed by atoms with Crippen LogP contribution in [0.4, 0.5) is 5.69 Å². The van der Waals surface area contributed by atoms with Gasteiger partial charge in [-0.2, -0.15) is 0 Å². The molecule has 1 aromatic rings. The maximum Gasteiger partial charge on any atom is 0.252 e. The Labute approximate surface area is 80.3 Å². The lowest BCUT2D eigenvalue weighted by atomic mass is 10.1. The van der Waals surface area contributed by atoms with E-state index in [2.05, 4.69) is 0 Å². The molecule has 0 aromatic heterocycles. The van der Waals surface area contributed by atoms with Crippen LogP contribution in [-0.4, -0.2) is 5.24 Å². The fraction of sp³-hybridized carbons (Fsp3) is 0.125. The van der Waals surface area contributed by atoms with Crippen LogP contribution >= 0.6 is 23.2 Å². The number of anilines is 1. The zero-order valence-corrected chi connectivity index (χ0v) is 7.91. The number of carbonyl (C=O) groups is 1. The SMILES string of the molecule is Cc1cc(C(=O)Cl)cc(Cl)c1N. The molecule has 0 heterocycles. The lowest BCUT2D eigenvalue weighted by Crippen LogP contribution is -1.95. The number of rotatable bonds is 1. The number of nitrogens with two attached hydrogens (primary N) is 1. The highest BCUT2D eigenvalue weighted by Crippen LogP contribution is 2.24. The van der Waals surface area contributed by atoms with Gasteiger partial charge < -0.3 is 5.73 Å². The van der Waals surface area contributed by atoms with Crippen molar-refractivity contribution in [2.45, 2.75) is 6.92 Å². The standard InChI is InChI=1S/C8H7Cl2NO/c1-4-2-5(8(10)12)3-6(9)7(4)11/h2-3H,11H2,1H3. The molecule has 12 heavy (non-hydrogen) atoms. The van der Waals surface area contributed by atoms with Crippen molar-refractivity contribution < 1.29 is 4.79 Å². The van der Waals surface area contributed by atoms with Crippen molar-refractivity contribution in [2.75, 3.05) is 5.73 Å². The summed E-state index contributed by atoms with van der Waals surface area (Å²) in [5.74, 6) is 0. The van der Waals surface area contributed by atoms with Crippen molar-refractivity contribution in [1.29, 1.82) is 0 Å². The molecule has 0 aliphatic carbocycles. The minimum Gasteiger partial charge on any atom is -0.397 e. The van der Waals surface area contributed by atoms with Crippen molar-refractivity contribution in [3.05, 3.63) is 28.3 Å². The van der Waals surface area contributed by atoms with Crippen LogP contribution in [0.15, 0.2) is 12.1 Å². The van der Waals surface area contributed by atoms with E-state index in [9.17, 15) is 4.79 Å². The molecule has 2 nitrogen and oxygen atoms in total. The van der Waals surface area contributed by atoms with Crippen molar-refractivity contribution in [3.8, 4) is 0 Å². The highest BCUT2D eigenvalue weighted by atomic mass is 35.5.